The first-order valence-electron chi connectivity index (χ1n) is 8.07. The Morgan fingerprint density at radius 2 is 2.14 bits per heavy atom. The van der Waals surface area contributed by atoms with E-state index in [9.17, 15) is 4.79 Å². The lowest BCUT2D eigenvalue weighted by Crippen LogP contribution is -2.43. The van der Waals surface area contributed by atoms with Crippen LogP contribution in [0, 0.1) is 5.92 Å². The standard InChI is InChI=1S/C17H27N3O/c1-14(2)20(13-15-8-11-18-12-9-15)17(21)7-6-16-5-3-4-10-19-16/h3-5,10,14-15,18H,6-9,11-13H2,1-2H3. The highest BCUT2D eigenvalue weighted by Gasteiger charge is 2.22. The number of rotatable bonds is 6. The molecule has 0 aliphatic carbocycles. The maximum absolute atomic E-state index is 12.5. The lowest BCUT2D eigenvalue weighted by atomic mass is 9.96. The van der Waals surface area contributed by atoms with Crippen molar-refractivity contribution in [3.63, 3.8) is 0 Å². The molecule has 0 unspecified atom stereocenters. The van der Waals surface area contributed by atoms with Crippen LogP contribution in [0.4, 0.5) is 0 Å². The summed E-state index contributed by atoms with van der Waals surface area (Å²) in [6.07, 6.45) is 5.43. The van der Waals surface area contributed by atoms with Gasteiger partial charge in [0.15, 0.2) is 0 Å². The molecule has 4 nitrogen and oxygen atoms in total. The first kappa shape index (κ1) is 16.0. The smallest absolute Gasteiger partial charge is 0.223 e. The molecule has 1 saturated heterocycles. The molecular formula is C17H27N3O. The Hall–Kier alpha value is -1.42. The van der Waals surface area contributed by atoms with Crippen molar-refractivity contribution in [3.8, 4) is 0 Å². The third kappa shape index (κ3) is 5.12. The number of carbonyl (C=O) groups is 1. The van der Waals surface area contributed by atoms with Gasteiger partial charge in [-0.1, -0.05) is 6.07 Å². The van der Waals surface area contributed by atoms with Gasteiger partial charge in [0.05, 0.1) is 0 Å². The molecule has 2 heterocycles. The average molecular weight is 289 g/mol. The van der Waals surface area contributed by atoms with Gasteiger partial charge < -0.3 is 10.2 Å². The molecule has 4 heteroatoms. The van der Waals surface area contributed by atoms with Crippen molar-refractivity contribution in [2.75, 3.05) is 19.6 Å². The predicted octanol–water partition coefficient (Wildman–Crippen LogP) is 2.25. The molecule has 116 valence electrons. The van der Waals surface area contributed by atoms with Crippen molar-refractivity contribution in [1.82, 2.24) is 15.2 Å². The number of nitrogens with one attached hydrogen (secondary N) is 1. The second-order valence-corrected chi connectivity index (χ2v) is 6.15. The number of hydrogen-bond donors (Lipinski definition) is 1. The van der Waals surface area contributed by atoms with Gasteiger partial charge in [0.25, 0.3) is 0 Å². The average Bonchev–Trinajstić information content (AvgIpc) is 2.52. The fraction of sp³-hybridized carbons (Fsp3) is 0.647. The summed E-state index contributed by atoms with van der Waals surface area (Å²) in [5.74, 6) is 0.904. The van der Waals surface area contributed by atoms with Crippen molar-refractivity contribution in [3.05, 3.63) is 30.1 Å². The highest BCUT2D eigenvalue weighted by molar-refractivity contribution is 5.76. The highest BCUT2D eigenvalue weighted by Crippen LogP contribution is 2.16. The Kier molecular flexibility index (Phi) is 6.18. The first-order valence-corrected chi connectivity index (χ1v) is 8.07. The molecule has 21 heavy (non-hydrogen) atoms. The SMILES string of the molecule is CC(C)N(CC1CCNCC1)C(=O)CCc1ccccn1. The molecule has 1 aliphatic heterocycles. The van der Waals surface area contributed by atoms with E-state index in [1.807, 2.05) is 18.2 Å². The lowest BCUT2D eigenvalue weighted by Gasteiger charge is -2.33. The minimum absolute atomic E-state index is 0.259. The number of aryl methyl sites for hydroxylation is 1. The lowest BCUT2D eigenvalue weighted by molar-refractivity contribution is -0.133. The number of aromatic nitrogens is 1. The van der Waals surface area contributed by atoms with Gasteiger partial charge >= 0.3 is 0 Å². The highest BCUT2D eigenvalue weighted by atomic mass is 16.2. The van der Waals surface area contributed by atoms with Crippen LogP contribution in [0.25, 0.3) is 0 Å². The minimum Gasteiger partial charge on any atom is -0.340 e. The molecule has 0 radical (unpaired) electrons. The second kappa shape index (κ2) is 8.13. The summed E-state index contributed by atoms with van der Waals surface area (Å²) in [6, 6.07) is 6.14. The normalized spacial score (nSPS) is 16.1. The molecule has 0 atom stereocenters. The van der Waals surface area contributed by atoms with Gasteiger partial charge in [0.1, 0.15) is 0 Å². The van der Waals surface area contributed by atoms with Gasteiger partial charge in [-0.2, -0.15) is 0 Å². The number of nitrogens with zero attached hydrogens (tertiary/aromatic N) is 2. The number of pyridine rings is 1. The van der Waals surface area contributed by atoms with Crippen LogP contribution in [0.15, 0.2) is 24.4 Å². The van der Waals surface area contributed by atoms with Crippen molar-refractivity contribution in [2.24, 2.45) is 5.92 Å². The molecule has 2 rings (SSSR count). The maximum Gasteiger partial charge on any atom is 0.223 e. The van der Waals surface area contributed by atoms with Crippen LogP contribution < -0.4 is 5.32 Å². The van der Waals surface area contributed by atoms with Crippen LogP contribution in [0.1, 0.15) is 38.8 Å². The molecular weight excluding hydrogens is 262 g/mol. The molecule has 0 aromatic carbocycles. The second-order valence-electron chi connectivity index (χ2n) is 6.15. The van der Waals surface area contributed by atoms with Gasteiger partial charge in [-0.05, 0) is 64.3 Å². The van der Waals surface area contributed by atoms with Crippen molar-refractivity contribution in [1.29, 1.82) is 0 Å². The van der Waals surface area contributed by atoms with Crippen molar-refractivity contribution < 1.29 is 4.79 Å². The number of hydrogen-bond acceptors (Lipinski definition) is 3. The van der Waals surface area contributed by atoms with E-state index in [-0.39, 0.29) is 11.9 Å². The van der Waals surface area contributed by atoms with E-state index in [0.29, 0.717) is 12.3 Å². The van der Waals surface area contributed by atoms with Crippen LogP contribution in [0.5, 0.6) is 0 Å². The summed E-state index contributed by atoms with van der Waals surface area (Å²) >= 11 is 0. The van der Waals surface area contributed by atoms with E-state index < -0.39 is 0 Å². The zero-order valence-electron chi connectivity index (χ0n) is 13.2. The zero-order chi connectivity index (χ0) is 15.1. The molecule has 1 fully saturated rings. The van der Waals surface area contributed by atoms with Gasteiger partial charge in [-0.25, -0.2) is 0 Å². The summed E-state index contributed by atoms with van der Waals surface area (Å²) in [5.41, 5.74) is 0.997. The quantitative estimate of drug-likeness (QED) is 0.873. The Balaban J connectivity index is 1.86. The topological polar surface area (TPSA) is 45.2 Å². The van der Waals surface area contributed by atoms with Crippen LogP contribution >= 0.6 is 0 Å². The monoisotopic (exact) mass is 289 g/mol. The van der Waals surface area contributed by atoms with Crippen LogP contribution in [-0.2, 0) is 11.2 Å². The number of piperidine rings is 1. The van der Waals surface area contributed by atoms with Crippen LogP contribution in [0.2, 0.25) is 0 Å². The number of carbonyl (C=O) groups excluding carboxylic acids is 1. The fourth-order valence-corrected chi connectivity index (χ4v) is 2.87. The molecule has 1 aromatic heterocycles. The van der Waals surface area contributed by atoms with E-state index >= 15 is 0 Å². The largest absolute Gasteiger partial charge is 0.340 e. The van der Waals surface area contributed by atoms with Crippen LogP contribution in [0.3, 0.4) is 0 Å². The summed E-state index contributed by atoms with van der Waals surface area (Å²) < 4.78 is 0. The Morgan fingerprint density at radius 1 is 1.38 bits per heavy atom. The summed E-state index contributed by atoms with van der Waals surface area (Å²) in [6.45, 7) is 7.29. The Morgan fingerprint density at radius 3 is 2.76 bits per heavy atom. The Bertz CT molecular complexity index is 427. The minimum atomic E-state index is 0.259. The molecule has 1 amide bonds. The molecule has 0 saturated carbocycles. The van der Waals surface area contributed by atoms with Crippen molar-refractivity contribution >= 4 is 5.91 Å². The summed E-state index contributed by atoms with van der Waals surface area (Å²) in [4.78, 5) is 18.9. The van der Waals surface area contributed by atoms with E-state index in [1.54, 1.807) is 6.20 Å². The van der Waals surface area contributed by atoms with Gasteiger partial charge in [0, 0.05) is 30.9 Å². The molecule has 1 aliphatic rings. The fourth-order valence-electron chi connectivity index (χ4n) is 2.87. The third-order valence-electron chi connectivity index (χ3n) is 4.18. The van der Waals surface area contributed by atoms with Gasteiger partial charge in [-0.15, -0.1) is 0 Å². The molecule has 1 N–H and O–H groups in total. The Labute approximate surface area is 127 Å². The first-order chi connectivity index (χ1) is 10.2. The van der Waals surface area contributed by atoms with E-state index in [1.165, 1.54) is 12.8 Å². The molecule has 0 bridgehead atoms. The zero-order valence-corrected chi connectivity index (χ0v) is 13.2. The summed E-state index contributed by atoms with van der Waals surface area (Å²) in [7, 11) is 0. The maximum atomic E-state index is 12.5. The van der Waals surface area contributed by atoms with Crippen molar-refractivity contribution in [2.45, 2.75) is 45.6 Å². The molecule has 0 spiro atoms. The summed E-state index contributed by atoms with van der Waals surface area (Å²) in [5, 5.41) is 3.38. The molecule has 1 aromatic rings. The van der Waals surface area contributed by atoms with E-state index in [0.717, 1.165) is 31.7 Å². The predicted molar refractivity (Wildman–Crippen MR) is 85.0 cm³/mol. The third-order valence-corrected chi connectivity index (χ3v) is 4.18. The van der Waals surface area contributed by atoms with Gasteiger partial charge in [-0.3, -0.25) is 9.78 Å². The van der Waals surface area contributed by atoms with E-state index in [4.69, 9.17) is 0 Å². The van der Waals surface area contributed by atoms with Crippen LogP contribution in [-0.4, -0.2) is 41.5 Å². The van der Waals surface area contributed by atoms with E-state index in [2.05, 4.69) is 29.0 Å². The van der Waals surface area contributed by atoms with Gasteiger partial charge in [0.2, 0.25) is 5.91 Å². The number of amides is 1.